The van der Waals surface area contributed by atoms with Crippen LogP contribution in [0, 0.1) is 18.3 Å². The third-order valence-corrected chi connectivity index (χ3v) is 2.86. The zero-order valence-corrected chi connectivity index (χ0v) is 10.5. The standard InChI is InChI=1S/C13H11F3N4/c1-8-10(7-19-20-8)6-18-11-3-2-9(5-17)12(4-11)13(14,15)16/h2-4,7,18H,6H2,1H3,(H,19,20). The Bertz CT molecular complexity index is 652. The van der Waals surface area contributed by atoms with Gasteiger partial charge in [-0.2, -0.15) is 23.5 Å². The van der Waals surface area contributed by atoms with E-state index in [-0.39, 0.29) is 5.56 Å². The summed E-state index contributed by atoms with van der Waals surface area (Å²) in [5.41, 5.74) is 0.693. The van der Waals surface area contributed by atoms with Gasteiger partial charge in [0.2, 0.25) is 0 Å². The number of aromatic amines is 1. The number of halogens is 3. The second kappa shape index (κ2) is 5.25. The van der Waals surface area contributed by atoms with Gasteiger partial charge >= 0.3 is 6.18 Å². The molecule has 2 rings (SSSR count). The number of hydrogen-bond acceptors (Lipinski definition) is 3. The van der Waals surface area contributed by atoms with E-state index in [2.05, 4.69) is 15.5 Å². The molecule has 0 radical (unpaired) electrons. The number of alkyl halides is 3. The molecule has 1 aromatic heterocycles. The topological polar surface area (TPSA) is 64.5 Å². The van der Waals surface area contributed by atoms with E-state index in [1.54, 1.807) is 12.3 Å². The van der Waals surface area contributed by atoms with E-state index >= 15 is 0 Å². The summed E-state index contributed by atoms with van der Waals surface area (Å²) in [5, 5.41) is 18.2. The molecule has 0 spiro atoms. The van der Waals surface area contributed by atoms with Gasteiger partial charge in [-0.25, -0.2) is 0 Å². The van der Waals surface area contributed by atoms with Crippen LogP contribution in [0.2, 0.25) is 0 Å². The molecule has 7 heteroatoms. The molecule has 0 amide bonds. The van der Waals surface area contributed by atoms with Crippen molar-refractivity contribution in [3.63, 3.8) is 0 Å². The largest absolute Gasteiger partial charge is 0.417 e. The van der Waals surface area contributed by atoms with Crippen molar-refractivity contribution in [3.8, 4) is 6.07 Å². The molecule has 20 heavy (non-hydrogen) atoms. The summed E-state index contributed by atoms with van der Waals surface area (Å²) in [4.78, 5) is 0. The van der Waals surface area contributed by atoms with Gasteiger partial charge in [0.05, 0.1) is 23.4 Å². The Hall–Kier alpha value is -2.49. The van der Waals surface area contributed by atoms with Crippen molar-refractivity contribution in [2.75, 3.05) is 5.32 Å². The highest BCUT2D eigenvalue weighted by Crippen LogP contribution is 2.33. The Morgan fingerprint density at radius 2 is 2.15 bits per heavy atom. The number of H-pyrrole nitrogens is 1. The fourth-order valence-electron chi connectivity index (χ4n) is 1.74. The molecule has 2 aromatic rings. The van der Waals surface area contributed by atoms with Crippen LogP contribution in [0.25, 0.3) is 0 Å². The van der Waals surface area contributed by atoms with Crippen LogP contribution in [0.5, 0.6) is 0 Å². The lowest BCUT2D eigenvalue weighted by molar-refractivity contribution is -0.137. The molecule has 0 aliphatic rings. The molecule has 0 bridgehead atoms. The third-order valence-electron chi connectivity index (χ3n) is 2.86. The van der Waals surface area contributed by atoms with Gasteiger partial charge in [-0.05, 0) is 25.1 Å². The normalized spacial score (nSPS) is 11.2. The number of aryl methyl sites for hydroxylation is 1. The van der Waals surface area contributed by atoms with Gasteiger partial charge in [0.25, 0.3) is 0 Å². The Kier molecular flexibility index (Phi) is 3.66. The summed E-state index contributed by atoms with van der Waals surface area (Å²) in [7, 11) is 0. The van der Waals surface area contributed by atoms with Crippen LogP contribution >= 0.6 is 0 Å². The molecule has 0 saturated heterocycles. The monoisotopic (exact) mass is 280 g/mol. The molecule has 1 aromatic carbocycles. The number of nitrogens with one attached hydrogen (secondary N) is 2. The predicted molar refractivity (Wildman–Crippen MR) is 66.8 cm³/mol. The molecule has 0 fully saturated rings. The van der Waals surface area contributed by atoms with E-state index in [0.29, 0.717) is 12.2 Å². The Morgan fingerprint density at radius 3 is 2.70 bits per heavy atom. The van der Waals surface area contributed by atoms with Crippen LogP contribution in [-0.4, -0.2) is 10.2 Å². The highest BCUT2D eigenvalue weighted by molar-refractivity contribution is 5.53. The van der Waals surface area contributed by atoms with Crippen molar-refractivity contribution in [1.82, 2.24) is 10.2 Å². The minimum Gasteiger partial charge on any atom is -0.381 e. The van der Waals surface area contributed by atoms with E-state index in [4.69, 9.17) is 5.26 Å². The van der Waals surface area contributed by atoms with Crippen LogP contribution in [0.15, 0.2) is 24.4 Å². The first-order valence-electron chi connectivity index (χ1n) is 5.76. The predicted octanol–water partition coefficient (Wildman–Crippen LogP) is 3.22. The van der Waals surface area contributed by atoms with Crippen LogP contribution < -0.4 is 5.32 Å². The molecular formula is C13H11F3N4. The zero-order chi connectivity index (χ0) is 14.8. The number of nitriles is 1. The van der Waals surface area contributed by atoms with E-state index in [1.165, 1.54) is 6.07 Å². The van der Waals surface area contributed by atoms with E-state index in [0.717, 1.165) is 23.4 Å². The lowest BCUT2D eigenvalue weighted by Crippen LogP contribution is -2.09. The SMILES string of the molecule is Cc1[nH]ncc1CNc1ccc(C#N)c(C(F)(F)F)c1. The molecule has 0 aliphatic carbocycles. The third kappa shape index (κ3) is 2.91. The van der Waals surface area contributed by atoms with Crippen molar-refractivity contribution >= 4 is 5.69 Å². The van der Waals surface area contributed by atoms with Crippen molar-refractivity contribution in [2.45, 2.75) is 19.6 Å². The van der Waals surface area contributed by atoms with Crippen LogP contribution in [0.4, 0.5) is 18.9 Å². The highest BCUT2D eigenvalue weighted by atomic mass is 19.4. The average molecular weight is 280 g/mol. The molecule has 1 heterocycles. The lowest BCUT2D eigenvalue weighted by atomic mass is 10.1. The van der Waals surface area contributed by atoms with Gasteiger partial charge in [0, 0.05) is 23.5 Å². The molecule has 0 atom stereocenters. The lowest BCUT2D eigenvalue weighted by Gasteiger charge is -2.12. The Morgan fingerprint density at radius 1 is 1.40 bits per heavy atom. The van der Waals surface area contributed by atoms with Gasteiger partial charge in [-0.15, -0.1) is 0 Å². The van der Waals surface area contributed by atoms with Gasteiger partial charge in [0.15, 0.2) is 0 Å². The number of rotatable bonds is 3. The van der Waals surface area contributed by atoms with Crippen molar-refractivity contribution in [1.29, 1.82) is 5.26 Å². The van der Waals surface area contributed by atoms with Crippen molar-refractivity contribution in [3.05, 3.63) is 46.8 Å². The molecule has 0 aliphatic heterocycles. The second-order valence-electron chi connectivity index (χ2n) is 4.24. The molecule has 4 nitrogen and oxygen atoms in total. The molecule has 0 unspecified atom stereocenters. The first kappa shape index (κ1) is 13.9. The number of benzene rings is 1. The van der Waals surface area contributed by atoms with Crippen LogP contribution in [0.1, 0.15) is 22.4 Å². The summed E-state index contributed by atoms with van der Waals surface area (Å²) in [6.07, 6.45) is -2.94. The smallest absolute Gasteiger partial charge is 0.381 e. The van der Waals surface area contributed by atoms with Crippen LogP contribution in [-0.2, 0) is 12.7 Å². The number of aromatic nitrogens is 2. The minimum absolute atomic E-state index is 0.303. The van der Waals surface area contributed by atoms with E-state index in [1.807, 2.05) is 6.92 Å². The number of nitrogens with zero attached hydrogens (tertiary/aromatic N) is 2. The first-order chi connectivity index (χ1) is 9.41. The van der Waals surface area contributed by atoms with Gasteiger partial charge in [0.1, 0.15) is 0 Å². The maximum Gasteiger partial charge on any atom is 0.417 e. The molecular weight excluding hydrogens is 269 g/mol. The number of hydrogen-bond donors (Lipinski definition) is 2. The summed E-state index contributed by atoms with van der Waals surface area (Å²) in [6, 6.07) is 5.09. The van der Waals surface area contributed by atoms with E-state index in [9.17, 15) is 13.2 Å². The second-order valence-corrected chi connectivity index (χ2v) is 4.24. The minimum atomic E-state index is -4.55. The summed E-state index contributed by atoms with van der Waals surface area (Å²) in [5.74, 6) is 0. The molecule has 104 valence electrons. The fourth-order valence-corrected chi connectivity index (χ4v) is 1.74. The summed E-state index contributed by atoms with van der Waals surface area (Å²) < 4.78 is 38.4. The Labute approximate surface area is 113 Å². The van der Waals surface area contributed by atoms with Crippen molar-refractivity contribution < 1.29 is 13.2 Å². The van der Waals surface area contributed by atoms with Gasteiger partial charge in [-0.3, -0.25) is 5.10 Å². The fraction of sp³-hybridized carbons (Fsp3) is 0.231. The zero-order valence-electron chi connectivity index (χ0n) is 10.5. The maximum atomic E-state index is 12.8. The van der Waals surface area contributed by atoms with Gasteiger partial charge < -0.3 is 5.32 Å². The van der Waals surface area contributed by atoms with E-state index < -0.39 is 11.7 Å². The summed E-state index contributed by atoms with van der Waals surface area (Å²) >= 11 is 0. The summed E-state index contributed by atoms with van der Waals surface area (Å²) in [6.45, 7) is 2.18. The average Bonchev–Trinajstić information content (AvgIpc) is 2.80. The first-order valence-corrected chi connectivity index (χ1v) is 5.76. The number of anilines is 1. The van der Waals surface area contributed by atoms with Crippen LogP contribution in [0.3, 0.4) is 0 Å². The quantitative estimate of drug-likeness (QED) is 0.907. The molecule has 0 saturated carbocycles. The highest BCUT2D eigenvalue weighted by Gasteiger charge is 2.33. The van der Waals surface area contributed by atoms with Crippen molar-refractivity contribution in [2.24, 2.45) is 0 Å². The molecule has 2 N–H and O–H groups in total. The van der Waals surface area contributed by atoms with Gasteiger partial charge in [-0.1, -0.05) is 0 Å². The Balaban J connectivity index is 2.22. The maximum absolute atomic E-state index is 12.8.